The Hall–Kier alpha value is -2.13. The van der Waals surface area contributed by atoms with E-state index in [2.05, 4.69) is 18.2 Å². The second-order valence-corrected chi connectivity index (χ2v) is 5.30. The summed E-state index contributed by atoms with van der Waals surface area (Å²) in [6.07, 6.45) is 0.393. The Labute approximate surface area is 125 Å². The molecule has 1 aliphatic rings. The van der Waals surface area contributed by atoms with Gasteiger partial charge in [-0.15, -0.1) is 0 Å². The molecule has 1 amide bonds. The number of carbonyl (C=O) groups excluding carboxylic acids is 1. The van der Waals surface area contributed by atoms with Crippen LogP contribution in [0.2, 0.25) is 0 Å². The molecular weight excluding hydrogens is 262 g/mol. The first-order valence-electron chi connectivity index (χ1n) is 7.23. The van der Waals surface area contributed by atoms with E-state index in [-0.39, 0.29) is 5.91 Å². The summed E-state index contributed by atoms with van der Waals surface area (Å²) in [4.78, 5) is 14.6. The zero-order valence-electron chi connectivity index (χ0n) is 12.2. The van der Waals surface area contributed by atoms with E-state index < -0.39 is 6.10 Å². The van der Waals surface area contributed by atoms with Crippen LogP contribution in [0, 0.1) is 0 Å². The highest BCUT2D eigenvalue weighted by Crippen LogP contribution is 2.24. The summed E-state index contributed by atoms with van der Waals surface area (Å²) < 4.78 is 5.45. The molecule has 1 unspecified atom stereocenters. The first-order valence-corrected chi connectivity index (χ1v) is 7.23. The maximum absolute atomic E-state index is 12.7. The average molecular weight is 281 g/mol. The van der Waals surface area contributed by atoms with Crippen molar-refractivity contribution in [3.63, 3.8) is 0 Å². The van der Waals surface area contributed by atoms with Crippen molar-refractivity contribution in [3.8, 4) is 0 Å². The van der Waals surface area contributed by atoms with Crippen LogP contribution in [0.25, 0.3) is 0 Å². The summed E-state index contributed by atoms with van der Waals surface area (Å²) >= 11 is 0. The van der Waals surface area contributed by atoms with Gasteiger partial charge in [-0.3, -0.25) is 4.79 Å². The van der Waals surface area contributed by atoms with Crippen molar-refractivity contribution in [1.82, 2.24) is 4.90 Å². The molecule has 0 spiro atoms. The minimum Gasteiger partial charge on any atom is -0.367 e. The van der Waals surface area contributed by atoms with Crippen molar-refractivity contribution >= 4 is 5.91 Å². The molecule has 0 fully saturated rings. The van der Waals surface area contributed by atoms with Crippen LogP contribution in [0.3, 0.4) is 0 Å². The fraction of sp³-hybridized carbons (Fsp3) is 0.278. The molecule has 108 valence electrons. The highest BCUT2D eigenvalue weighted by molar-refractivity contribution is 5.82. The van der Waals surface area contributed by atoms with Crippen molar-refractivity contribution < 1.29 is 9.53 Å². The third-order valence-electron chi connectivity index (χ3n) is 4.00. The SMILES string of the molecule is COC(C(=O)N1CCc2ccccc2C1)c1ccccc1. The lowest BCUT2D eigenvalue weighted by molar-refractivity contribution is -0.143. The van der Waals surface area contributed by atoms with Crippen molar-refractivity contribution in [3.05, 3.63) is 71.3 Å². The third kappa shape index (κ3) is 2.83. The summed E-state index contributed by atoms with van der Waals surface area (Å²) in [7, 11) is 1.59. The van der Waals surface area contributed by atoms with Gasteiger partial charge < -0.3 is 9.64 Å². The minimum absolute atomic E-state index is 0.0400. The lowest BCUT2D eigenvalue weighted by Crippen LogP contribution is -2.39. The van der Waals surface area contributed by atoms with Crippen LogP contribution in [0.1, 0.15) is 22.8 Å². The molecule has 2 aromatic carbocycles. The Balaban J connectivity index is 1.79. The molecule has 3 heteroatoms. The van der Waals surface area contributed by atoms with Gasteiger partial charge in [-0.1, -0.05) is 54.6 Å². The number of fused-ring (bicyclic) bond motifs is 1. The summed E-state index contributed by atoms with van der Waals surface area (Å²) in [5.74, 6) is 0.0400. The van der Waals surface area contributed by atoms with Gasteiger partial charge in [-0.25, -0.2) is 0 Å². The molecule has 1 atom stereocenters. The zero-order chi connectivity index (χ0) is 14.7. The van der Waals surface area contributed by atoms with Crippen molar-refractivity contribution in [2.24, 2.45) is 0 Å². The molecular formula is C18H19NO2. The van der Waals surface area contributed by atoms with Gasteiger partial charge in [0.2, 0.25) is 0 Å². The minimum atomic E-state index is -0.517. The fourth-order valence-electron chi connectivity index (χ4n) is 2.86. The molecule has 21 heavy (non-hydrogen) atoms. The standard InChI is InChI=1S/C18H19NO2/c1-21-17(15-8-3-2-4-9-15)18(20)19-12-11-14-7-5-6-10-16(14)13-19/h2-10,17H,11-13H2,1H3. The monoisotopic (exact) mass is 281 g/mol. The molecule has 0 saturated heterocycles. The predicted molar refractivity (Wildman–Crippen MR) is 81.8 cm³/mol. The number of carbonyl (C=O) groups is 1. The third-order valence-corrected chi connectivity index (χ3v) is 4.00. The number of benzene rings is 2. The van der Waals surface area contributed by atoms with E-state index in [0.717, 1.165) is 18.5 Å². The van der Waals surface area contributed by atoms with Gasteiger partial charge >= 0.3 is 0 Å². The lowest BCUT2D eigenvalue weighted by Gasteiger charge is -2.31. The van der Waals surface area contributed by atoms with E-state index in [1.54, 1.807) is 7.11 Å². The van der Waals surface area contributed by atoms with E-state index in [4.69, 9.17) is 4.74 Å². The van der Waals surface area contributed by atoms with Gasteiger partial charge in [-0.2, -0.15) is 0 Å². The van der Waals surface area contributed by atoms with E-state index >= 15 is 0 Å². The van der Waals surface area contributed by atoms with Gasteiger partial charge in [0.05, 0.1) is 0 Å². The molecule has 0 radical (unpaired) electrons. The number of hydrogen-bond acceptors (Lipinski definition) is 2. The Morgan fingerprint density at radius 3 is 2.43 bits per heavy atom. The van der Waals surface area contributed by atoms with Gasteiger partial charge in [0.15, 0.2) is 6.10 Å². The van der Waals surface area contributed by atoms with E-state index in [1.807, 2.05) is 41.3 Å². The topological polar surface area (TPSA) is 29.5 Å². The molecule has 1 heterocycles. The van der Waals surface area contributed by atoms with Gasteiger partial charge in [0, 0.05) is 20.2 Å². The van der Waals surface area contributed by atoms with Crippen LogP contribution < -0.4 is 0 Å². The predicted octanol–water partition coefficient (Wildman–Crippen LogP) is 2.96. The molecule has 0 saturated carbocycles. The van der Waals surface area contributed by atoms with E-state index in [1.165, 1.54) is 11.1 Å². The first kappa shape index (κ1) is 13.8. The fourth-order valence-corrected chi connectivity index (χ4v) is 2.86. The summed E-state index contributed by atoms with van der Waals surface area (Å²) in [6, 6.07) is 18.0. The van der Waals surface area contributed by atoms with Crippen LogP contribution >= 0.6 is 0 Å². The van der Waals surface area contributed by atoms with Gasteiger partial charge in [-0.05, 0) is 23.1 Å². The number of ether oxygens (including phenoxy) is 1. The Morgan fingerprint density at radius 1 is 1.05 bits per heavy atom. The summed E-state index contributed by atoms with van der Waals surface area (Å²) in [5.41, 5.74) is 3.49. The molecule has 3 rings (SSSR count). The van der Waals surface area contributed by atoms with E-state index in [9.17, 15) is 4.79 Å². The van der Waals surface area contributed by atoms with Crippen LogP contribution in [-0.4, -0.2) is 24.5 Å². The molecule has 0 aliphatic carbocycles. The largest absolute Gasteiger partial charge is 0.367 e. The van der Waals surface area contributed by atoms with Crippen LogP contribution in [0.4, 0.5) is 0 Å². The number of hydrogen-bond donors (Lipinski definition) is 0. The summed E-state index contributed by atoms with van der Waals surface area (Å²) in [6.45, 7) is 1.42. The number of methoxy groups -OCH3 is 1. The average Bonchev–Trinajstić information content (AvgIpc) is 2.56. The Bertz CT molecular complexity index is 624. The van der Waals surface area contributed by atoms with Crippen molar-refractivity contribution in [2.75, 3.05) is 13.7 Å². The van der Waals surface area contributed by atoms with Gasteiger partial charge in [0.25, 0.3) is 5.91 Å². The van der Waals surface area contributed by atoms with Crippen LogP contribution in [0.5, 0.6) is 0 Å². The summed E-state index contributed by atoms with van der Waals surface area (Å²) in [5, 5.41) is 0. The Kier molecular flexibility index (Phi) is 4.02. The Morgan fingerprint density at radius 2 is 1.71 bits per heavy atom. The van der Waals surface area contributed by atoms with Crippen molar-refractivity contribution in [2.45, 2.75) is 19.1 Å². The molecule has 1 aliphatic heterocycles. The molecule has 0 bridgehead atoms. The quantitative estimate of drug-likeness (QED) is 0.865. The normalized spacial score (nSPS) is 15.4. The number of nitrogens with zero attached hydrogens (tertiary/aromatic N) is 1. The second kappa shape index (κ2) is 6.10. The van der Waals surface area contributed by atoms with Crippen molar-refractivity contribution in [1.29, 1.82) is 0 Å². The molecule has 0 N–H and O–H groups in total. The maximum atomic E-state index is 12.7. The van der Waals surface area contributed by atoms with E-state index in [0.29, 0.717) is 6.54 Å². The highest BCUT2D eigenvalue weighted by Gasteiger charge is 2.28. The second-order valence-electron chi connectivity index (χ2n) is 5.30. The zero-order valence-corrected chi connectivity index (χ0v) is 12.2. The smallest absolute Gasteiger partial charge is 0.256 e. The molecule has 3 nitrogen and oxygen atoms in total. The van der Waals surface area contributed by atoms with Crippen LogP contribution in [0.15, 0.2) is 54.6 Å². The molecule has 2 aromatic rings. The first-order chi connectivity index (χ1) is 10.3. The van der Waals surface area contributed by atoms with Gasteiger partial charge in [0.1, 0.15) is 0 Å². The lowest BCUT2D eigenvalue weighted by atomic mass is 9.99. The number of rotatable bonds is 3. The maximum Gasteiger partial charge on any atom is 0.256 e. The van der Waals surface area contributed by atoms with Crippen LogP contribution in [-0.2, 0) is 22.5 Å². The molecule has 0 aromatic heterocycles. The number of amides is 1. The highest BCUT2D eigenvalue weighted by atomic mass is 16.5.